The monoisotopic (exact) mass is 356 g/mol. The Morgan fingerprint density at radius 1 is 1.43 bits per heavy atom. The van der Waals surface area contributed by atoms with Crippen molar-refractivity contribution in [1.82, 2.24) is 0 Å². The lowest BCUT2D eigenvalue weighted by molar-refractivity contribution is -0.0955. The van der Waals surface area contributed by atoms with Crippen LogP contribution in [-0.2, 0) is 16.1 Å². The summed E-state index contributed by atoms with van der Waals surface area (Å²) in [6.07, 6.45) is 1.92. The molecule has 0 N–H and O–H groups in total. The number of hydrogen-bond acceptors (Lipinski definition) is 2. The second-order valence-corrected chi connectivity index (χ2v) is 7.94. The van der Waals surface area contributed by atoms with Crippen LogP contribution in [0.5, 0.6) is 0 Å². The van der Waals surface area contributed by atoms with E-state index in [1.807, 2.05) is 6.07 Å². The smallest absolute Gasteiger partial charge is 0.123 e. The van der Waals surface area contributed by atoms with Gasteiger partial charge in [0.25, 0.3) is 0 Å². The molecule has 2 saturated heterocycles. The summed E-state index contributed by atoms with van der Waals surface area (Å²) in [5, 5.41) is 0. The number of alkyl halides is 1. The first-order valence-electron chi connectivity index (χ1n) is 7.56. The lowest BCUT2D eigenvalue weighted by atomic mass is 9.75. The van der Waals surface area contributed by atoms with Crippen LogP contribution in [0.2, 0.25) is 0 Å². The maximum Gasteiger partial charge on any atom is 0.123 e. The fraction of sp³-hybridized carbons (Fsp3) is 0.647. The molecule has 116 valence electrons. The fourth-order valence-corrected chi connectivity index (χ4v) is 5.17. The summed E-state index contributed by atoms with van der Waals surface area (Å²) in [5.41, 5.74) is 0.489. The van der Waals surface area contributed by atoms with Gasteiger partial charge < -0.3 is 9.47 Å². The Kier molecular flexibility index (Phi) is 3.92. The molecular formula is C17H22BrFO2. The van der Waals surface area contributed by atoms with Crippen LogP contribution in [0.3, 0.4) is 0 Å². The molecule has 0 unspecified atom stereocenters. The van der Waals surface area contributed by atoms with E-state index in [1.165, 1.54) is 12.1 Å². The second-order valence-electron chi connectivity index (χ2n) is 6.83. The van der Waals surface area contributed by atoms with Crippen molar-refractivity contribution in [3.63, 3.8) is 0 Å². The summed E-state index contributed by atoms with van der Waals surface area (Å²) < 4.78 is 25.7. The SMILES string of the molecule is CC(C)[C@]12C[C@@H](OCc3cccc(F)c3)[C@](C)(C[C@@H]1Br)O2. The van der Waals surface area contributed by atoms with Gasteiger partial charge >= 0.3 is 0 Å². The first-order valence-corrected chi connectivity index (χ1v) is 8.47. The molecule has 1 aromatic carbocycles. The van der Waals surface area contributed by atoms with Gasteiger partial charge in [0.15, 0.2) is 0 Å². The van der Waals surface area contributed by atoms with Gasteiger partial charge in [0.05, 0.1) is 23.9 Å². The third-order valence-electron chi connectivity index (χ3n) is 5.04. The Morgan fingerprint density at radius 3 is 2.81 bits per heavy atom. The van der Waals surface area contributed by atoms with Crippen LogP contribution < -0.4 is 0 Å². The van der Waals surface area contributed by atoms with Gasteiger partial charge in [-0.05, 0) is 37.0 Å². The molecule has 2 nitrogen and oxygen atoms in total. The number of ether oxygens (including phenoxy) is 2. The van der Waals surface area contributed by atoms with Gasteiger partial charge in [-0.3, -0.25) is 0 Å². The van der Waals surface area contributed by atoms with E-state index in [4.69, 9.17) is 9.47 Å². The molecule has 2 heterocycles. The van der Waals surface area contributed by atoms with Crippen molar-refractivity contribution in [2.45, 2.75) is 62.4 Å². The largest absolute Gasteiger partial charge is 0.370 e. The van der Waals surface area contributed by atoms with E-state index in [2.05, 4.69) is 36.7 Å². The molecule has 0 amide bonds. The van der Waals surface area contributed by atoms with Crippen molar-refractivity contribution in [2.24, 2.45) is 5.92 Å². The minimum Gasteiger partial charge on any atom is -0.370 e. The molecule has 4 heteroatoms. The summed E-state index contributed by atoms with van der Waals surface area (Å²) in [4.78, 5) is 0.379. The van der Waals surface area contributed by atoms with Gasteiger partial charge in [-0.15, -0.1) is 0 Å². The van der Waals surface area contributed by atoms with E-state index in [-0.39, 0.29) is 23.1 Å². The van der Waals surface area contributed by atoms with Crippen molar-refractivity contribution >= 4 is 15.9 Å². The standard InChI is InChI=1S/C17H22BrFO2/c1-11(2)17-9-15(16(3,21-17)8-14(17)18)20-10-12-5-4-6-13(19)7-12/h4-7,11,14-15H,8-10H2,1-3H3/t14-,15+,16-,17+/m0/s1. The third-order valence-corrected chi connectivity index (χ3v) is 6.14. The minimum atomic E-state index is -0.244. The summed E-state index contributed by atoms with van der Waals surface area (Å²) >= 11 is 3.79. The van der Waals surface area contributed by atoms with Crippen LogP contribution in [0.25, 0.3) is 0 Å². The van der Waals surface area contributed by atoms with Crippen LogP contribution >= 0.6 is 15.9 Å². The molecule has 0 spiro atoms. The van der Waals surface area contributed by atoms with Gasteiger partial charge in [-0.1, -0.05) is 41.9 Å². The normalized spacial score (nSPS) is 38.4. The zero-order valence-electron chi connectivity index (χ0n) is 12.7. The summed E-state index contributed by atoms with van der Waals surface area (Å²) in [5.74, 6) is 0.220. The Hall–Kier alpha value is -0.450. The predicted octanol–water partition coefficient (Wildman–Crippen LogP) is 4.45. The van der Waals surface area contributed by atoms with E-state index in [0.29, 0.717) is 17.4 Å². The van der Waals surface area contributed by atoms with Gasteiger partial charge in [0.2, 0.25) is 0 Å². The van der Waals surface area contributed by atoms with Gasteiger partial charge in [-0.25, -0.2) is 4.39 Å². The lowest BCUT2D eigenvalue weighted by Gasteiger charge is -2.35. The zero-order chi connectivity index (χ0) is 15.3. The quantitative estimate of drug-likeness (QED) is 0.741. The molecule has 1 aromatic rings. The number of hydrogen-bond donors (Lipinski definition) is 0. The molecule has 2 aliphatic rings. The summed E-state index contributed by atoms with van der Waals surface area (Å²) in [6, 6.07) is 6.60. The topological polar surface area (TPSA) is 18.5 Å². The molecule has 0 aliphatic carbocycles. The van der Waals surface area contributed by atoms with E-state index >= 15 is 0 Å². The summed E-state index contributed by atoms with van der Waals surface area (Å²) in [7, 11) is 0. The molecule has 0 aromatic heterocycles. The molecule has 21 heavy (non-hydrogen) atoms. The van der Waals surface area contributed by atoms with E-state index in [1.54, 1.807) is 6.07 Å². The maximum atomic E-state index is 13.2. The van der Waals surface area contributed by atoms with Gasteiger partial charge in [0, 0.05) is 11.2 Å². The lowest BCUT2D eigenvalue weighted by Crippen LogP contribution is -2.44. The molecule has 0 saturated carbocycles. The Bertz CT molecular complexity index is 535. The zero-order valence-corrected chi connectivity index (χ0v) is 14.3. The first kappa shape index (κ1) is 15.4. The first-order chi connectivity index (χ1) is 9.86. The summed E-state index contributed by atoms with van der Waals surface area (Å²) in [6.45, 7) is 6.97. The van der Waals surface area contributed by atoms with Gasteiger partial charge in [-0.2, -0.15) is 0 Å². The molecule has 2 aliphatic heterocycles. The molecular weight excluding hydrogens is 335 g/mol. The second kappa shape index (κ2) is 5.32. The average molecular weight is 357 g/mol. The van der Waals surface area contributed by atoms with Crippen LogP contribution in [0.1, 0.15) is 39.2 Å². The van der Waals surface area contributed by atoms with Crippen molar-refractivity contribution in [3.8, 4) is 0 Å². The Morgan fingerprint density at radius 2 is 2.19 bits per heavy atom. The minimum absolute atomic E-state index is 0.0666. The highest BCUT2D eigenvalue weighted by molar-refractivity contribution is 9.09. The maximum absolute atomic E-state index is 13.2. The van der Waals surface area contributed by atoms with E-state index in [0.717, 1.165) is 18.4 Å². The van der Waals surface area contributed by atoms with Crippen molar-refractivity contribution in [2.75, 3.05) is 0 Å². The highest BCUT2D eigenvalue weighted by atomic mass is 79.9. The number of halogens is 2. The molecule has 4 atom stereocenters. The molecule has 2 bridgehead atoms. The van der Waals surface area contributed by atoms with Crippen LogP contribution in [0, 0.1) is 11.7 Å². The van der Waals surface area contributed by atoms with Crippen LogP contribution in [0.4, 0.5) is 4.39 Å². The predicted molar refractivity (Wildman–Crippen MR) is 84.0 cm³/mol. The van der Waals surface area contributed by atoms with Crippen LogP contribution in [0.15, 0.2) is 24.3 Å². The average Bonchev–Trinajstić information content (AvgIpc) is 2.84. The molecule has 0 radical (unpaired) electrons. The fourth-order valence-electron chi connectivity index (χ4n) is 3.71. The highest BCUT2D eigenvalue weighted by Crippen LogP contribution is 2.57. The van der Waals surface area contributed by atoms with Crippen molar-refractivity contribution in [1.29, 1.82) is 0 Å². The number of fused-ring (bicyclic) bond motifs is 2. The third kappa shape index (κ3) is 2.55. The number of benzene rings is 1. The van der Waals surface area contributed by atoms with E-state index in [9.17, 15) is 4.39 Å². The molecule has 3 rings (SSSR count). The molecule has 2 fully saturated rings. The Labute approximate surface area is 134 Å². The van der Waals surface area contributed by atoms with Gasteiger partial charge in [0.1, 0.15) is 5.82 Å². The van der Waals surface area contributed by atoms with Crippen molar-refractivity contribution in [3.05, 3.63) is 35.6 Å². The van der Waals surface area contributed by atoms with Crippen molar-refractivity contribution < 1.29 is 13.9 Å². The highest BCUT2D eigenvalue weighted by Gasteiger charge is 2.65. The van der Waals surface area contributed by atoms with Crippen LogP contribution in [-0.4, -0.2) is 22.1 Å². The van der Waals surface area contributed by atoms with E-state index < -0.39 is 0 Å². The Balaban J connectivity index is 1.71. The number of rotatable bonds is 4.